The molecule has 7 heteroatoms. The zero-order valence-electron chi connectivity index (χ0n) is 15.0. The van der Waals surface area contributed by atoms with Crippen molar-refractivity contribution in [1.29, 1.82) is 0 Å². The van der Waals surface area contributed by atoms with Crippen molar-refractivity contribution in [2.24, 2.45) is 0 Å². The Hall–Kier alpha value is -3.74. The lowest BCUT2D eigenvalue weighted by atomic mass is 10.1. The summed E-state index contributed by atoms with van der Waals surface area (Å²) in [5.74, 6) is 0.765. The predicted molar refractivity (Wildman–Crippen MR) is 101 cm³/mol. The summed E-state index contributed by atoms with van der Waals surface area (Å²) in [5.41, 5.74) is 1.07. The number of hydrogen-bond acceptors (Lipinski definition) is 5. The van der Waals surface area contributed by atoms with Crippen molar-refractivity contribution in [3.05, 3.63) is 77.8 Å². The quantitative estimate of drug-likeness (QED) is 0.532. The van der Waals surface area contributed by atoms with E-state index in [2.05, 4.69) is 15.5 Å². The highest BCUT2D eigenvalue weighted by Gasteiger charge is 2.15. The highest BCUT2D eigenvalue weighted by Crippen LogP contribution is 2.27. The van der Waals surface area contributed by atoms with Crippen LogP contribution in [0.2, 0.25) is 0 Å². The van der Waals surface area contributed by atoms with Gasteiger partial charge in [-0.05, 0) is 42.5 Å². The lowest BCUT2D eigenvalue weighted by molar-refractivity contribution is 0.102. The minimum absolute atomic E-state index is 0.0301. The average molecular weight is 377 g/mol. The van der Waals surface area contributed by atoms with Crippen LogP contribution in [-0.2, 0) is 6.42 Å². The fraction of sp³-hybridized carbons (Fsp3) is 0.0952. The number of aryl methyl sites for hydroxylation is 1. The van der Waals surface area contributed by atoms with Crippen LogP contribution < -0.4 is 5.32 Å². The van der Waals surface area contributed by atoms with Crippen LogP contribution in [0.4, 0.5) is 10.1 Å². The maximum atomic E-state index is 13.8. The molecule has 2 aromatic carbocycles. The summed E-state index contributed by atoms with van der Waals surface area (Å²) in [6, 6.07) is 16.3. The summed E-state index contributed by atoms with van der Waals surface area (Å²) < 4.78 is 25.1. The van der Waals surface area contributed by atoms with Gasteiger partial charge in [0.05, 0.1) is 5.56 Å². The Morgan fingerprint density at radius 1 is 1.00 bits per heavy atom. The van der Waals surface area contributed by atoms with E-state index in [1.54, 1.807) is 36.4 Å². The van der Waals surface area contributed by atoms with E-state index in [4.69, 9.17) is 8.83 Å². The Bertz CT molecular complexity index is 1130. The average Bonchev–Trinajstić information content (AvgIpc) is 3.38. The van der Waals surface area contributed by atoms with Crippen molar-refractivity contribution < 1.29 is 18.0 Å². The minimum atomic E-state index is -0.581. The zero-order chi connectivity index (χ0) is 19.5. The van der Waals surface area contributed by atoms with Gasteiger partial charge in [-0.3, -0.25) is 4.79 Å². The Labute approximate surface area is 160 Å². The van der Waals surface area contributed by atoms with Gasteiger partial charge in [0.1, 0.15) is 11.6 Å². The van der Waals surface area contributed by atoms with E-state index in [9.17, 15) is 9.18 Å². The topological polar surface area (TPSA) is 81.2 Å². The van der Waals surface area contributed by atoms with Crippen molar-refractivity contribution in [2.75, 3.05) is 5.32 Å². The molecule has 0 saturated heterocycles. The third-order valence-electron chi connectivity index (χ3n) is 4.13. The molecule has 2 heterocycles. The second kappa shape index (κ2) is 7.48. The number of aromatic nitrogens is 2. The van der Waals surface area contributed by atoms with Crippen LogP contribution in [0, 0.1) is 5.82 Å². The fourth-order valence-corrected chi connectivity index (χ4v) is 2.70. The van der Waals surface area contributed by atoms with Gasteiger partial charge in [0.25, 0.3) is 11.8 Å². The number of nitrogens with one attached hydrogen (secondary N) is 1. The van der Waals surface area contributed by atoms with Crippen molar-refractivity contribution in [2.45, 2.75) is 13.3 Å². The van der Waals surface area contributed by atoms with Gasteiger partial charge in [-0.1, -0.05) is 25.1 Å². The Morgan fingerprint density at radius 3 is 2.61 bits per heavy atom. The largest absolute Gasteiger partial charge is 0.456 e. The van der Waals surface area contributed by atoms with E-state index >= 15 is 0 Å². The zero-order valence-corrected chi connectivity index (χ0v) is 15.0. The molecule has 0 saturated carbocycles. The molecular formula is C21H16FN3O3. The van der Waals surface area contributed by atoms with E-state index in [1.165, 1.54) is 18.2 Å². The van der Waals surface area contributed by atoms with Crippen LogP contribution in [0.15, 0.2) is 69.5 Å². The summed E-state index contributed by atoms with van der Waals surface area (Å²) in [6.45, 7) is 1.99. The molecule has 0 aliphatic rings. The minimum Gasteiger partial charge on any atom is -0.456 e. The van der Waals surface area contributed by atoms with Gasteiger partial charge in [-0.15, -0.1) is 10.2 Å². The van der Waals surface area contributed by atoms with Gasteiger partial charge in [0, 0.05) is 17.7 Å². The molecule has 2 aromatic heterocycles. The molecule has 4 rings (SSSR count). The highest BCUT2D eigenvalue weighted by molar-refractivity contribution is 6.04. The van der Waals surface area contributed by atoms with E-state index in [-0.39, 0.29) is 17.3 Å². The number of amides is 1. The fourth-order valence-electron chi connectivity index (χ4n) is 2.70. The number of anilines is 1. The second-order valence-electron chi connectivity index (χ2n) is 6.05. The van der Waals surface area contributed by atoms with Gasteiger partial charge in [-0.25, -0.2) is 4.39 Å². The molecule has 1 amide bonds. The molecule has 0 fully saturated rings. The molecule has 1 N–H and O–H groups in total. The molecular weight excluding hydrogens is 361 g/mol. The number of hydrogen-bond donors (Lipinski definition) is 1. The number of rotatable bonds is 5. The van der Waals surface area contributed by atoms with Gasteiger partial charge < -0.3 is 14.2 Å². The monoisotopic (exact) mass is 377 g/mol. The SMILES string of the molecule is CCc1ccc(-c2nnc(-c3cccc(NC(=O)c4ccccc4F)c3)o2)o1. The van der Waals surface area contributed by atoms with Crippen LogP contribution in [-0.4, -0.2) is 16.1 Å². The molecule has 0 radical (unpaired) electrons. The lowest BCUT2D eigenvalue weighted by Gasteiger charge is -2.06. The van der Waals surface area contributed by atoms with Crippen LogP contribution >= 0.6 is 0 Å². The Balaban J connectivity index is 1.56. The van der Waals surface area contributed by atoms with Crippen molar-refractivity contribution in [3.63, 3.8) is 0 Å². The highest BCUT2D eigenvalue weighted by atomic mass is 19.1. The molecule has 28 heavy (non-hydrogen) atoms. The number of nitrogens with zero attached hydrogens (tertiary/aromatic N) is 2. The molecule has 0 bridgehead atoms. The van der Waals surface area contributed by atoms with E-state index in [0.717, 1.165) is 12.2 Å². The number of carbonyl (C=O) groups is 1. The third kappa shape index (κ3) is 3.55. The van der Waals surface area contributed by atoms with Crippen LogP contribution in [0.1, 0.15) is 23.0 Å². The summed E-state index contributed by atoms with van der Waals surface area (Å²) in [5, 5.41) is 10.7. The molecule has 0 spiro atoms. The number of furan rings is 1. The number of carbonyl (C=O) groups excluding carboxylic acids is 1. The molecule has 0 unspecified atom stereocenters. The van der Waals surface area contributed by atoms with Crippen LogP contribution in [0.5, 0.6) is 0 Å². The summed E-state index contributed by atoms with van der Waals surface area (Å²) >= 11 is 0. The van der Waals surface area contributed by atoms with Crippen LogP contribution in [0.25, 0.3) is 23.1 Å². The van der Waals surface area contributed by atoms with Crippen molar-refractivity contribution >= 4 is 11.6 Å². The van der Waals surface area contributed by atoms with Gasteiger partial charge >= 0.3 is 0 Å². The molecule has 140 valence electrons. The molecule has 0 aliphatic carbocycles. The maximum Gasteiger partial charge on any atom is 0.283 e. The molecule has 0 aliphatic heterocycles. The Morgan fingerprint density at radius 2 is 1.82 bits per heavy atom. The normalized spacial score (nSPS) is 10.8. The summed E-state index contributed by atoms with van der Waals surface area (Å²) in [7, 11) is 0. The first kappa shape index (κ1) is 17.7. The van der Waals surface area contributed by atoms with Crippen LogP contribution in [0.3, 0.4) is 0 Å². The first-order chi connectivity index (χ1) is 13.6. The second-order valence-corrected chi connectivity index (χ2v) is 6.05. The summed E-state index contributed by atoms with van der Waals surface area (Å²) in [4.78, 5) is 12.3. The maximum absolute atomic E-state index is 13.8. The van der Waals surface area contributed by atoms with Crippen molar-refractivity contribution in [1.82, 2.24) is 10.2 Å². The van der Waals surface area contributed by atoms with E-state index in [1.807, 2.05) is 13.0 Å². The number of benzene rings is 2. The molecule has 4 aromatic rings. The van der Waals surface area contributed by atoms with Gasteiger partial charge in [-0.2, -0.15) is 0 Å². The molecule has 0 atom stereocenters. The standard InChI is InChI=1S/C21H16FN3O3/c1-2-15-10-11-18(27-15)21-25-24-20(28-21)13-6-5-7-14(12-13)23-19(26)16-8-3-4-9-17(16)22/h3-12H,2H2,1H3,(H,23,26). The van der Waals surface area contributed by atoms with Gasteiger partial charge in [0.2, 0.25) is 5.89 Å². The van der Waals surface area contributed by atoms with E-state index in [0.29, 0.717) is 17.0 Å². The smallest absolute Gasteiger partial charge is 0.283 e. The Kier molecular flexibility index (Phi) is 4.72. The van der Waals surface area contributed by atoms with E-state index < -0.39 is 11.7 Å². The first-order valence-electron chi connectivity index (χ1n) is 8.73. The predicted octanol–water partition coefficient (Wildman–Crippen LogP) is 4.95. The number of halogens is 1. The summed E-state index contributed by atoms with van der Waals surface area (Å²) in [6.07, 6.45) is 0.769. The van der Waals surface area contributed by atoms with Crippen molar-refractivity contribution in [3.8, 4) is 23.1 Å². The lowest BCUT2D eigenvalue weighted by Crippen LogP contribution is -2.13. The molecule has 6 nitrogen and oxygen atoms in total. The third-order valence-corrected chi connectivity index (χ3v) is 4.13. The first-order valence-corrected chi connectivity index (χ1v) is 8.73. The van der Waals surface area contributed by atoms with Gasteiger partial charge in [0.15, 0.2) is 5.76 Å².